The van der Waals surface area contributed by atoms with Gasteiger partial charge in [0.05, 0.1) is 0 Å². The third kappa shape index (κ3) is 3.67. The van der Waals surface area contributed by atoms with Gasteiger partial charge in [0.2, 0.25) is 0 Å². The van der Waals surface area contributed by atoms with Gasteiger partial charge in [-0.15, -0.1) is 0 Å². The Bertz CT molecular complexity index is 1170. The summed E-state index contributed by atoms with van der Waals surface area (Å²) in [5.41, 5.74) is -3.77. The summed E-state index contributed by atoms with van der Waals surface area (Å²) in [4.78, 5) is 64.1. The third-order valence-corrected chi connectivity index (χ3v) is 13.5. The molecular weight excluding hydrogens is 522 g/mol. The summed E-state index contributed by atoms with van der Waals surface area (Å²) < 4.78 is 31.2. The van der Waals surface area contributed by atoms with Gasteiger partial charge in [0.25, 0.3) is 0 Å². The molecule has 4 aliphatic carbocycles. The van der Waals surface area contributed by atoms with E-state index in [1.165, 1.54) is 0 Å². The highest BCUT2D eigenvalue weighted by atomic mass is 19.3. The van der Waals surface area contributed by atoms with Gasteiger partial charge in [-0.25, -0.2) is 4.79 Å². The van der Waals surface area contributed by atoms with Crippen LogP contribution in [0.1, 0.15) is 106 Å². The Hall–Kier alpha value is -2.19. The Morgan fingerprint density at radius 2 is 1.57 bits per heavy atom. The average Bonchev–Trinajstić information content (AvgIpc) is 3.14. The molecule has 8 atom stereocenters. The predicted molar refractivity (Wildman–Crippen MR) is 141 cm³/mol. The van der Waals surface area contributed by atoms with Crippen molar-refractivity contribution in [2.45, 2.75) is 112 Å². The van der Waals surface area contributed by atoms with Gasteiger partial charge in [-0.2, -0.15) is 8.78 Å². The van der Waals surface area contributed by atoms with E-state index in [1.54, 1.807) is 0 Å². The highest BCUT2D eigenvalue weighted by Crippen LogP contribution is 2.82. The average molecular weight is 567 g/mol. The number of esters is 1. The van der Waals surface area contributed by atoms with Crippen LogP contribution in [-0.2, 0) is 28.7 Å². The van der Waals surface area contributed by atoms with E-state index in [4.69, 9.17) is 5.11 Å². The number of fused-ring (bicyclic) bond motifs is 5. The third-order valence-electron chi connectivity index (χ3n) is 13.5. The van der Waals surface area contributed by atoms with Gasteiger partial charge in [0.15, 0.2) is 6.61 Å². The highest BCUT2D eigenvalue weighted by molar-refractivity contribution is 5.97. The first-order valence-corrected chi connectivity index (χ1v) is 14.5. The minimum absolute atomic E-state index is 0.114. The smallest absolute Gasteiger partial charge is 0.378 e. The number of carboxylic acids is 1. The lowest BCUT2D eigenvalue weighted by Gasteiger charge is -2.75. The topological polar surface area (TPSA) is 115 Å². The number of hydrogen-bond acceptors (Lipinski definition) is 6. The summed E-state index contributed by atoms with van der Waals surface area (Å²) in [6.07, 6.45) is 3.52. The number of alkyl halides is 2. The molecule has 0 saturated heterocycles. The van der Waals surface area contributed by atoms with E-state index in [1.807, 2.05) is 13.8 Å². The van der Waals surface area contributed by atoms with Gasteiger partial charge in [-0.05, 0) is 59.2 Å². The molecule has 0 bridgehead atoms. The molecule has 0 heterocycles. The second kappa shape index (κ2) is 9.15. The number of ether oxygens (including phenoxy) is 1. The lowest BCUT2D eigenvalue weighted by molar-refractivity contribution is -0.252. The molecule has 7 nitrogen and oxygen atoms in total. The molecule has 0 aromatic carbocycles. The Labute approximate surface area is 235 Å². The van der Waals surface area contributed by atoms with Crippen LogP contribution in [0.15, 0.2) is 0 Å². The normalized spacial score (nSPS) is 43.9. The molecular formula is C31H44F2O7. The summed E-state index contributed by atoms with van der Waals surface area (Å²) in [7, 11) is 0. The van der Waals surface area contributed by atoms with Crippen molar-refractivity contribution < 1.29 is 42.6 Å². The maximum atomic E-state index is 14.4. The van der Waals surface area contributed by atoms with E-state index in [2.05, 4.69) is 39.4 Å². The van der Waals surface area contributed by atoms with Crippen LogP contribution < -0.4 is 0 Å². The van der Waals surface area contributed by atoms with Crippen LogP contribution in [0.2, 0.25) is 0 Å². The number of ketones is 3. The van der Waals surface area contributed by atoms with Crippen molar-refractivity contribution in [2.24, 2.45) is 44.3 Å². The van der Waals surface area contributed by atoms with Crippen molar-refractivity contribution >= 4 is 29.3 Å². The zero-order chi connectivity index (χ0) is 30.3. The Morgan fingerprint density at radius 3 is 2.17 bits per heavy atom. The van der Waals surface area contributed by atoms with E-state index in [-0.39, 0.29) is 47.4 Å². The lowest BCUT2D eigenvalue weighted by Crippen LogP contribution is -2.75. The Kier molecular flexibility index (Phi) is 7.04. The molecule has 4 saturated carbocycles. The van der Waals surface area contributed by atoms with Crippen molar-refractivity contribution in [3.63, 3.8) is 0 Å². The number of halogens is 2. The van der Waals surface area contributed by atoms with Gasteiger partial charge in [0.1, 0.15) is 17.3 Å². The quantitative estimate of drug-likeness (QED) is 0.387. The molecule has 224 valence electrons. The van der Waals surface area contributed by atoms with Crippen molar-refractivity contribution in [1.29, 1.82) is 0 Å². The summed E-state index contributed by atoms with van der Waals surface area (Å²) in [6.45, 7) is 12.9. The Balaban J connectivity index is 1.61. The molecule has 4 fully saturated rings. The van der Waals surface area contributed by atoms with Crippen LogP contribution in [0.25, 0.3) is 0 Å². The van der Waals surface area contributed by atoms with Crippen LogP contribution in [0, 0.1) is 44.3 Å². The summed E-state index contributed by atoms with van der Waals surface area (Å²) in [5.74, 6) is -7.25. The molecule has 0 aliphatic heterocycles. The number of Topliss-reactive ketones (excluding diaryl/α,β-unsaturated/α-hetero) is 3. The number of hydrogen-bond donors (Lipinski definition) is 1. The molecule has 9 heteroatoms. The predicted octanol–water partition coefficient (Wildman–Crippen LogP) is 5.81. The van der Waals surface area contributed by atoms with E-state index in [0.717, 1.165) is 0 Å². The summed E-state index contributed by atoms with van der Waals surface area (Å²) in [5, 5.41) is 8.54. The van der Waals surface area contributed by atoms with Crippen molar-refractivity contribution in [3.8, 4) is 0 Å². The van der Waals surface area contributed by atoms with Crippen LogP contribution in [0.3, 0.4) is 0 Å². The van der Waals surface area contributed by atoms with Crippen LogP contribution in [-0.4, -0.2) is 46.9 Å². The van der Waals surface area contributed by atoms with Crippen molar-refractivity contribution in [3.05, 3.63) is 0 Å². The number of carbonyl (C=O) groups excluding carboxylic acids is 4. The SMILES string of the molecule is CC(CCC(=O)OCC(F)(F)C(=O)O)[C@H]1CC[C@@]2(C)[C@]3(C)C(=O)C[C@]4(C)CC(=O)CC[C@]4(C)[C@@]3(C)CC(=O)[C@]12C. The fourth-order valence-electron chi connectivity index (χ4n) is 10.2. The first kappa shape index (κ1) is 30.8. The minimum Gasteiger partial charge on any atom is -0.477 e. The molecule has 0 radical (unpaired) electrons. The van der Waals surface area contributed by atoms with E-state index in [9.17, 15) is 32.8 Å². The fraction of sp³-hybridized carbons (Fsp3) is 0.839. The molecule has 0 aromatic rings. The Morgan fingerprint density at radius 1 is 0.950 bits per heavy atom. The van der Waals surface area contributed by atoms with Gasteiger partial charge in [0, 0.05) is 42.9 Å². The molecule has 4 aliphatic rings. The lowest BCUT2D eigenvalue weighted by atomic mass is 9.27. The van der Waals surface area contributed by atoms with E-state index < -0.39 is 51.5 Å². The second-order valence-corrected chi connectivity index (χ2v) is 14.6. The number of rotatable bonds is 7. The van der Waals surface area contributed by atoms with Gasteiger partial charge >= 0.3 is 17.9 Å². The molecule has 0 aromatic heterocycles. The minimum atomic E-state index is -4.15. The number of carbonyl (C=O) groups is 5. The van der Waals surface area contributed by atoms with Gasteiger partial charge < -0.3 is 9.84 Å². The fourth-order valence-corrected chi connectivity index (χ4v) is 10.2. The van der Waals surface area contributed by atoms with Gasteiger partial charge in [-0.1, -0.05) is 48.5 Å². The van der Waals surface area contributed by atoms with E-state index in [0.29, 0.717) is 44.9 Å². The summed E-state index contributed by atoms with van der Waals surface area (Å²) in [6, 6.07) is 0. The standard InChI is InChI=1S/C31H44F2O7/c1-18(8-9-23(37)40-17-31(32,33)24(38)39)20-11-13-27(4)29(20,6)21(35)16-28(5)26(3)12-10-19(34)14-25(26,2)15-22(36)30(27,28)7/h18,20H,8-17H2,1-7H3,(H,38,39)/t18?,20-,25+,26+,27-,28-,29+,30+/m1/s1. The molecule has 1 N–H and O–H groups in total. The van der Waals surface area contributed by atoms with Crippen molar-refractivity contribution in [2.75, 3.05) is 6.61 Å². The largest absolute Gasteiger partial charge is 0.477 e. The number of carboxylic acid groups (broad SMARTS) is 1. The zero-order valence-corrected chi connectivity index (χ0v) is 24.9. The number of aliphatic carboxylic acids is 1. The highest BCUT2D eigenvalue weighted by Gasteiger charge is 2.81. The van der Waals surface area contributed by atoms with Crippen LogP contribution >= 0.6 is 0 Å². The maximum Gasteiger partial charge on any atom is 0.378 e. The monoisotopic (exact) mass is 566 g/mol. The maximum absolute atomic E-state index is 14.4. The first-order valence-electron chi connectivity index (χ1n) is 14.5. The van der Waals surface area contributed by atoms with Crippen LogP contribution in [0.4, 0.5) is 8.78 Å². The molecule has 0 amide bonds. The summed E-state index contributed by atoms with van der Waals surface area (Å²) >= 11 is 0. The van der Waals surface area contributed by atoms with E-state index >= 15 is 0 Å². The van der Waals surface area contributed by atoms with Gasteiger partial charge in [-0.3, -0.25) is 19.2 Å². The first-order chi connectivity index (χ1) is 18.2. The zero-order valence-electron chi connectivity index (χ0n) is 24.9. The van der Waals surface area contributed by atoms with Crippen LogP contribution in [0.5, 0.6) is 0 Å². The molecule has 4 rings (SSSR count). The molecule has 1 unspecified atom stereocenters. The van der Waals surface area contributed by atoms with Crippen molar-refractivity contribution in [1.82, 2.24) is 0 Å². The second-order valence-electron chi connectivity index (χ2n) is 14.6. The molecule has 40 heavy (non-hydrogen) atoms. The molecule has 0 spiro atoms.